The normalized spacial score (nSPS) is 13.8. The standard InChI is InChI=1S/C15H10BrClN2O2/c1-8-4-10(16)6-11-13(8)19(15(21)14(11)20)7-9-2-3-18-12(17)5-9/h2-6H,7H2,1H3. The van der Waals surface area contributed by atoms with E-state index in [1.165, 1.54) is 4.90 Å². The van der Waals surface area contributed by atoms with Crippen molar-refractivity contribution >= 4 is 44.9 Å². The number of amides is 1. The van der Waals surface area contributed by atoms with E-state index in [0.717, 1.165) is 15.6 Å². The molecular weight excluding hydrogens is 356 g/mol. The number of anilines is 1. The van der Waals surface area contributed by atoms with Crippen molar-refractivity contribution in [3.8, 4) is 0 Å². The maximum Gasteiger partial charge on any atom is 0.299 e. The predicted molar refractivity (Wildman–Crippen MR) is 83.6 cm³/mol. The summed E-state index contributed by atoms with van der Waals surface area (Å²) in [5.74, 6) is -0.992. The van der Waals surface area contributed by atoms with Gasteiger partial charge in [0.25, 0.3) is 11.7 Å². The third-order valence-corrected chi connectivity index (χ3v) is 4.02. The summed E-state index contributed by atoms with van der Waals surface area (Å²) in [6, 6.07) is 7.03. The highest BCUT2D eigenvalue weighted by molar-refractivity contribution is 9.10. The van der Waals surface area contributed by atoms with E-state index in [-0.39, 0.29) is 0 Å². The summed E-state index contributed by atoms with van der Waals surface area (Å²) in [6.07, 6.45) is 1.58. The van der Waals surface area contributed by atoms with E-state index in [2.05, 4.69) is 20.9 Å². The minimum Gasteiger partial charge on any atom is -0.300 e. The van der Waals surface area contributed by atoms with Crippen molar-refractivity contribution in [2.45, 2.75) is 13.5 Å². The lowest BCUT2D eigenvalue weighted by molar-refractivity contribution is -0.114. The zero-order chi connectivity index (χ0) is 15.1. The maximum absolute atomic E-state index is 12.2. The molecule has 0 saturated heterocycles. The largest absolute Gasteiger partial charge is 0.300 e. The van der Waals surface area contributed by atoms with E-state index in [4.69, 9.17) is 11.6 Å². The molecule has 0 spiro atoms. The second-order valence-electron chi connectivity index (χ2n) is 4.83. The van der Waals surface area contributed by atoms with Crippen molar-refractivity contribution < 1.29 is 9.59 Å². The maximum atomic E-state index is 12.2. The Morgan fingerprint density at radius 1 is 1.29 bits per heavy atom. The number of fused-ring (bicyclic) bond motifs is 1. The Morgan fingerprint density at radius 2 is 2.05 bits per heavy atom. The molecule has 1 aliphatic rings. The highest BCUT2D eigenvalue weighted by atomic mass is 79.9. The van der Waals surface area contributed by atoms with E-state index in [0.29, 0.717) is 22.9 Å². The van der Waals surface area contributed by atoms with Crippen molar-refractivity contribution in [2.75, 3.05) is 4.90 Å². The van der Waals surface area contributed by atoms with E-state index in [1.54, 1.807) is 24.4 Å². The van der Waals surface area contributed by atoms with Crippen LogP contribution < -0.4 is 4.90 Å². The molecule has 6 heteroatoms. The van der Waals surface area contributed by atoms with Crippen LogP contribution in [0.25, 0.3) is 0 Å². The van der Waals surface area contributed by atoms with E-state index < -0.39 is 11.7 Å². The van der Waals surface area contributed by atoms with Gasteiger partial charge in [-0.3, -0.25) is 9.59 Å². The van der Waals surface area contributed by atoms with Crippen LogP contribution in [-0.4, -0.2) is 16.7 Å². The minimum absolute atomic E-state index is 0.294. The number of carbonyl (C=O) groups excluding carboxylic acids is 2. The molecule has 0 atom stereocenters. The van der Waals surface area contributed by atoms with Gasteiger partial charge in [0, 0.05) is 10.7 Å². The van der Waals surface area contributed by atoms with Crippen molar-refractivity contribution in [2.24, 2.45) is 0 Å². The Labute approximate surface area is 134 Å². The van der Waals surface area contributed by atoms with Crippen LogP contribution in [0, 0.1) is 6.92 Å². The summed E-state index contributed by atoms with van der Waals surface area (Å²) in [6.45, 7) is 2.17. The number of aryl methyl sites for hydroxylation is 1. The van der Waals surface area contributed by atoms with Crippen molar-refractivity contribution in [1.82, 2.24) is 4.98 Å². The molecule has 1 aromatic carbocycles. The average Bonchev–Trinajstić information content (AvgIpc) is 2.64. The Morgan fingerprint density at radius 3 is 2.76 bits per heavy atom. The summed E-state index contributed by atoms with van der Waals surface area (Å²) >= 11 is 9.21. The second kappa shape index (κ2) is 5.24. The topological polar surface area (TPSA) is 50.3 Å². The van der Waals surface area contributed by atoms with Crippen LogP contribution in [0.1, 0.15) is 21.5 Å². The number of aromatic nitrogens is 1. The molecule has 2 heterocycles. The number of nitrogens with zero attached hydrogens (tertiary/aromatic N) is 2. The fraction of sp³-hybridized carbons (Fsp3) is 0.133. The first-order valence-corrected chi connectivity index (χ1v) is 7.41. The van der Waals surface area contributed by atoms with Gasteiger partial charge in [0.15, 0.2) is 0 Å². The molecule has 0 N–H and O–H groups in total. The van der Waals surface area contributed by atoms with Crippen LogP contribution in [0.4, 0.5) is 5.69 Å². The first-order chi connectivity index (χ1) is 9.97. The molecular formula is C15H10BrClN2O2. The van der Waals surface area contributed by atoms with Gasteiger partial charge in [0.2, 0.25) is 0 Å². The lowest BCUT2D eigenvalue weighted by atomic mass is 10.1. The van der Waals surface area contributed by atoms with Crippen LogP contribution in [0.5, 0.6) is 0 Å². The van der Waals surface area contributed by atoms with Crippen LogP contribution in [0.2, 0.25) is 5.15 Å². The second-order valence-corrected chi connectivity index (χ2v) is 6.13. The number of benzene rings is 1. The lowest BCUT2D eigenvalue weighted by Crippen LogP contribution is -2.29. The van der Waals surface area contributed by atoms with Gasteiger partial charge >= 0.3 is 0 Å². The molecule has 1 aliphatic heterocycles. The fourth-order valence-electron chi connectivity index (χ4n) is 2.48. The molecule has 2 aromatic rings. The summed E-state index contributed by atoms with van der Waals surface area (Å²) in [5.41, 5.74) is 2.80. The van der Waals surface area contributed by atoms with Gasteiger partial charge in [-0.15, -0.1) is 0 Å². The number of carbonyl (C=O) groups is 2. The molecule has 0 aliphatic carbocycles. The molecule has 0 fully saturated rings. The van der Waals surface area contributed by atoms with Crippen LogP contribution >= 0.6 is 27.5 Å². The van der Waals surface area contributed by atoms with Gasteiger partial charge in [-0.05, 0) is 42.3 Å². The van der Waals surface area contributed by atoms with Gasteiger partial charge in [0.1, 0.15) is 5.15 Å². The van der Waals surface area contributed by atoms with Gasteiger partial charge in [-0.25, -0.2) is 4.98 Å². The number of ketones is 1. The molecule has 3 rings (SSSR count). The van der Waals surface area contributed by atoms with Gasteiger partial charge < -0.3 is 4.90 Å². The molecule has 0 unspecified atom stereocenters. The molecule has 0 saturated carbocycles. The van der Waals surface area contributed by atoms with Gasteiger partial charge in [-0.1, -0.05) is 27.5 Å². The van der Waals surface area contributed by atoms with Crippen LogP contribution in [0.15, 0.2) is 34.9 Å². The molecule has 4 nitrogen and oxygen atoms in total. The summed E-state index contributed by atoms with van der Waals surface area (Å²) in [7, 11) is 0. The summed E-state index contributed by atoms with van der Waals surface area (Å²) in [4.78, 5) is 29.7. The molecule has 0 radical (unpaired) electrons. The fourth-order valence-corrected chi connectivity index (χ4v) is 3.25. The molecule has 0 bridgehead atoms. The number of rotatable bonds is 2. The van der Waals surface area contributed by atoms with E-state index in [9.17, 15) is 9.59 Å². The zero-order valence-electron chi connectivity index (χ0n) is 11.1. The molecule has 106 valence electrons. The zero-order valence-corrected chi connectivity index (χ0v) is 13.4. The third-order valence-electron chi connectivity index (χ3n) is 3.35. The predicted octanol–water partition coefficient (Wildman–Crippen LogP) is 3.54. The lowest BCUT2D eigenvalue weighted by Gasteiger charge is -2.18. The first kappa shape index (κ1) is 14.2. The summed E-state index contributed by atoms with van der Waals surface area (Å²) in [5, 5.41) is 0.359. The van der Waals surface area contributed by atoms with Crippen molar-refractivity contribution in [3.05, 3.63) is 56.8 Å². The number of pyridine rings is 1. The highest BCUT2D eigenvalue weighted by Crippen LogP contribution is 2.36. The Kier molecular flexibility index (Phi) is 3.55. The number of halogens is 2. The van der Waals surface area contributed by atoms with Gasteiger partial charge in [0.05, 0.1) is 17.8 Å². The van der Waals surface area contributed by atoms with Crippen LogP contribution in [0.3, 0.4) is 0 Å². The number of Topliss-reactive ketones (excluding diaryl/α,β-unsaturated/α-hetero) is 1. The average molecular weight is 366 g/mol. The molecule has 1 aromatic heterocycles. The quantitative estimate of drug-likeness (QED) is 0.604. The number of hydrogen-bond donors (Lipinski definition) is 0. The van der Waals surface area contributed by atoms with E-state index >= 15 is 0 Å². The third kappa shape index (κ3) is 2.47. The van der Waals surface area contributed by atoms with Gasteiger partial charge in [-0.2, -0.15) is 0 Å². The van der Waals surface area contributed by atoms with Crippen molar-refractivity contribution in [1.29, 1.82) is 0 Å². The summed E-state index contributed by atoms with van der Waals surface area (Å²) < 4.78 is 0.786. The Bertz CT molecular complexity index is 776. The molecule has 21 heavy (non-hydrogen) atoms. The minimum atomic E-state index is -0.515. The first-order valence-electron chi connectivity index (χ1n) is 6.24. The smallest absolute Gasteiger partial charge is 0.299 e. The van der Waals surface area contributed by atoms with E-state index in [1.807, 2.05) is 13.0 Å². The van der Waals surface area contributed by atoms with Crippen molar-refractivity contribution in [3.63, 3.8) is 0 Å². The molecule has 1 amide bonds. The Balaban J connectivity index is 2.05. The Hall–Kier alpha value is -1.72. The highest BCUT2D eigenvalue weighted by Gasteiger charge is 2.37. The van der Waals surface area contributed by atoms with Crippen LogP contribution in [-0.2, 0) is 11.3 Å². The monoisotopic (exact) mass is 364 g/mol. The SMILES string of the molecule is Cc1cc(Br)cc2c1N(Cc1ccnc(Cl)c1)C(=O)C2=O. The number of hydrogen-bond acceptors (Lipinski definition) is 3.